The molecule has 2 aliphatic heterocycles. The molecule has 1 aromatic rings. The number of Topliss-reactive ketones (excluding diaryl/α,β-unsaturated/α-hetero) is 3. The Balaban J connectivity index is 2.17. The molecule has 1 N–H and O–H groups in total. The van der Waals surface area contributed by atoms with Crippen molar-refractivity contribution in [1.82, 2.24) is 0 Å². The third-order valence-electron chi connectivity index (χ3n) is 9.94. The fourth-order valence-electron chi connectivity index (χ4n) is 7.59. The number of allylic oxidation sites excluding steroid dienone is 8. The van der Waals surface area contributed by atoms with Gasteiger partial charge in [0.2, 0.25) is 0 Å². The molecule has 5 nitrogen and oxygen atoms in total. The highest BCUT2D eigenvalue weighted by atomic mass is 16.5. The van der Waals surface area contributed by atoms with Crippen molar-refractivity contribution in [3.8, 4) is 0 Å². The highest BCUT2D eigenvalue weighted by molar-refractivity contribution is 6.17. The summed E-state index contributed by atoms with van der Waals surface area (Å²) in [5.41, 5.74) is 0.771. The molecule has 5 rings (SSSR count). The second-order valence-corrected chi connectivity index (χ2v) is 14.7. The van der Waals surface area contributed by atoms with Gasteiger partial charge in [0.25, 0.3) is 0 Å². The van der Waals surface area contributed by atoms with E-state index in [1.54, 1.807) is 13.8 Å². The first kappa shape index (κ1) is 32.9. The lowest BCUT2D eigenvalue weighted by molar-refractivity contribution is -0.154. The SMILES string of the molecule is CC(C)=CC/C1=C2\O[C@H](C(C)(C)O)C3C[C@](C)([C@@H](CC=C(C)C)C[C@@](CC=C(C)C)(C1=O)C3=O)[C@H]2C(=O)c1ccccc1. The van der Waals surface area contributed by atoms with Gasteiger partial charge in [0.1, 0.15) is 11.9 Å². The van der Waals surface area contributed by atoms with Crippen LogP contribution in [0.5, 0.6) is 0 Å². The molecule has 232 valence electrons. The van der Waals surface area contributed by atoms with E-state index in [4.69, 9.17) is 4.74 Å². The van der Waals surface area contributed by atoms with E-state index in [-0.39, 0.29) is 29.7 Å². The molecule has 4 bridgehead atoms. The van der Waals surface area contributed by atoms with Gasteiger partial charge in [0.15, 0.2) is 17.3 Å². The van der Waals surface area contributed by atoms with Gasteiger partial charge in [-0.05, 0) is 98.8 Å². The van der Waals surface area contributed by atoms with Crippen LogP contribution in [0, 0.1) is 28.6 Å². The Labute approximate surface area is 258 Å². The minimum Gasteiger partial charge on any atom is -0.490 e. The summed E-state index contributed by atoms with van der Waals surface area (Å²) in [6.45, 7) is 17.5. The van der Waals surface area contributed by atoms with Crippen molar-refractivity contribution in [1.29, 1.82) is 0 Å². The molecule has 0 radical (unpaired) electrons. The fraction of sp³-hybridized carbons (Fsp3) is 0.553. The second kappa shape index (κ2) is 12.1. The average Bonchev–Trinajstić information content (AvgIpc) is 3.11. The standard InChI is InChI=1S/C38H50O5/c1-23(2)15-17-27-21-38(20-19-25(5)6)33(40)28(18-16-24(3)4)32-30(31(39)26-13-11-10-12-14-26)37(27,9)22-29(34(38)41)35(43-32)36(7,8)42/h10-16,19,27,29-30,35,42H,17-18,20-22H2,1-9H3/b32-28+/t27-,29?,30-,35-,37+,38-/m0/s1. The summed E-state index contributed by atoms with van der Waals surface area (Å²) < 4.78 is 6.79. The molecule has 0 aromatic heterocycles. The van der Waals surface area contributed by atoms with Crippen LogP contribution in [0.15, 0.2) is 76.6 Å². The second-order valence-electron chi connectivity index (χ2n) is 14.7. The predicted octanol–water partition coefficient (Wildman–Crippen LogP) is 8.15. The van der Waals surface area contributed by atoms with E-state index >= 15 is 9.59 Å². The summed E-state index contributed by atoms with van der Waals surface area (Å²) in [5.74, 6) is -1.81. The zero-order valence-corrected chi connectivity index (χ0v) is 27.5. The van der Waals surface area contributed by atoms with Gasteiger partial charge in [-0.3, -0.25) is 14.4 Å². The zero-order valence-electron chi connectivity index (χ0n) is 27.5. The number of carbonyl (C=O) groups excluding carboxylic acids is 3. The molecule has 4 aliphatic rings. The Morgan fingerprint density at radius 3 is 2.12 bits per heavy atom. The first-order valence-electron chi connectivity index (χ1n) is 15.7. The van der Waals surface area contributed by atoms with E-state index in [1.807, 2.05) is 70.2 Å². The molecule has 1 aromatic carbocycles. The number of hydrogen-bond donors (Lipinski definition) is 1. The minimum atomic E-state index is -1.39. The van der Waals surface area contributed by atoms with Gasteiger partial charge in [0, 0.05) is 11.1 Å². The maximum absolute atomic E-state index is 15.1. The van der Waals surface area contributed by atoms with Crippen LogP contribution in [0.25, 0.3) is 0 Å². The van der Waals surface area contributed by atoms with Crippen LogP contribution in [0.2, 0.25) is 0 Å². The van der Waals surface area contributed by atoms with Crippen LogP contribution in [-0.4, -0.2) is 34.2 Å². The molecule has 5 heteroatoms. The highest BCUT2D eigenvalue weighted by Crippen LogP contribution is 2.62. The maximum Gasteiger partial charge on any atom is 0.176 e. The number of benzene rings is 1. The number of hydrogen-bond acceptors (Lipinski definition) is 5. The van der Waals surface area contributed by atoms with Crippen molar-refractivity contribution >= 4 is 17.3 Å². The third-order valence-corrected chi connectivity index (χ3v) is 9.94. The van der Waals surface area contributed by atoms with Crippen molar-refractivity contribution in [2.24, 2.45) is 28.6 Å². The Morgan fingerprint density at radius 2 is 1.56 bits per heavy atom. The molecule has 43 heavy (non-hydrogen) atoms. The van der Waals surface area contributed by atoms with Gasteiger partial charge in [-0.1, -0.05) is 72.2 Å². The fourth-order valence-corrected chi connectivity index (χ4v) is 7.59. The maximum atomic E-state index is 15.1. The van der Waals surface area contributed by atoms with Crippen molar-refractivity contribution in [3.05, 3.63) is 82.2 Å². The number of aliphatic hydroxyl groups is 1. The summed E-state index contributed by atoms with van der Waals surface area (Å²) in [6, 6.07) is 9.21. The topological polar surface area (TPSA) is 80.7 Å². The van der Waals surface area contributed by atoms with Crippen LogP contribution < -0.4 is 0 Å². The number of carbonyl (C=O) groups is 3. The van der Waals surface area contributed by atoms with Crippen LogP contribution in [-0.2, 0) is 14.3 Å². The lowest BCUT2D eigenvalue weighted by Crippen LogP contribution is -2.54. The third kappa shape index (κ3) is 6.16. The monoisotopic (exact) mass is 586 g/mol. The molecule has 1 saturated heterocycles. The summed E-state index contributed by atoms with van der Waals surface area (Å²) >= 11 is 0. The van der Waals surface area contributed by atoms with E-state index < -0.39 is 34.4 Å². The number of ether oxygens (including phenoxy) is 1. The van der Waals surface area contributed by atoms with E-state index in [9.17, 15) is 9.90 Å². The smallest absolute Gasteiger partial charge is 0.176 e. The highest BCUT2D eigenvalue weighted by Gasteiger charge is 2.66. The summed E-state index contributed by atoms with van der Waals surface area (Å²) in [4.78, 5) is 44.9. The molecule has 1 saturated carbocycles. The molecule has 2 aliphatic carbocycles. The molecular weight excluding hydrogens is 536 g/mol. The van der Waals surface area contributed by atoms with Gasteiger partial charge in [0.05, 0.1) is 22.9 Å². The van der Waals surface area contributed by atoms with E-state index in [0.717, 1.165) is 16.7 Å². The van der Waals surface area contributed by atoms with Crippen molar-refractivity contribution in [3.63, 3.8) is 0 Å². The van der Waals surface area contributed by atoms with Gasteiger partial charge in [-0.2, -0.15) is 0 Å². The first-order valence-corrected chi connectivity index (χ1v) is 15.7. The van der Waals surface area contributed by atoms with E-state index in [2.05, 4.69) is 26.8 Å². The molecular formula is C38H50O5. The zero-order chi connectivity index (χ0) is 31.9. The Morgan fingerprint density at radius 1 is 0.953 bits per heavy atom. The molecule has 6 atom stereocenters. The number of fused-ring (bicyclic) bond motifs is 3. The summed E-state index contributed by atoms with van der Waals surface area (Å²) in [5, 5.41) is 11.6. The molecule has 2 fully saturated rings. The summed E-state index contributed by atoms with van der Waals surface area (Å²) in [7, 11) is 0. The molecule has 1 unspecified atom stereocenters. The van der Waals surface area contributed by atoms with Crippen LogP contribution in [0.1, 0.15) is 105 Å². The van der Waals surface area contributed by atoms with Crippen LogP contribution in [0.3, 0.4) is 0 Å². The lowest BCUT2D eigenvalue weighted by Gasteiger charge is -2.47. The summed E-state index contributed by atoms with van der Waals surface area (Å²) in [6.07, 6.45) is 7.19. The van der Waals surface area contributed by atoms with Gasteiger partial charge >= 0.3 is 0 Å². The normalized spacial score (nSPS) is 31.9. The Hall–Kier alpha value is -3.05. The Bertz CT molecular complexity index is 1390. The van der Waals surface area contributed by atoms with E-state index in [0.29, 0.717) is 42.6 Å². The van der Waals surface area contributed by atoms with Crippen LogP contribution in [0.4, 0.5) is 0 Å². The molecule has 2 heterocycles. The lowest BCUT2D eigenvalue weighted by atomic mass is 9.56. The van der Waals surface area contributed by atoms with Gasteiger partial charge in [-0.15, -0.1) is 0 Å². The number of rotatable bonds is 9. The van der Waals surface area contributed by atoms with E-state index in [1.165, 1.54) is 0 Å². The van der Waals surface area contributed by atoms with Crippen molar-refractivity contribution in [2.45, 2.75) is 106 Å². The van der Waals surface area contributed by atoms with Gasteiger partial charge in [-0.25, -0.2) is 0 Å². The quantitative estimate of drug-likeness (QED) is 0.179. The average molecular weight is 587 g/mol. The Kier molecular flexibility index (Phi) is 9.28. The first-order chi connectivity index (χ1) is 20.0. The number of ketones is 3. The van der Waals surface area contributed by atoms with Gasteiger partial charge < -0.3 is 9.84 Å². The minimum absolute atomic E-state index is 0.107. The van der Waals surface area contributed by atoms with Crippen molar-refractivity contribution < 1.29 is 24.2 Å². The van der Waals surface area contributed by atoms with Crippen molar-refractivity contribution in [2.75, 3.05) is 0 Å². The predicted molar refractivity (Wildman–Crippen MR) is 171 cm³/mol. The molecule has 0 amide bonds. The molecule has 0 spiro atoms. The largest absolute Gasteiger partial charge is 0.490 e. The van der Waals surface area contributed by atoms with Crippen LogP contribution >= 0.6 is 0 Å².